The lowest BCUT2D eigenvalue weighted by atomic mass is 10.3. The maximum Gasteiger partial charge on any atom is 0.268 e. The van der Waals surface area contributed by atoms with Gasteiger partial charge in [0.1, 0.15) is 15.3 Å². The normalized spacial score (nSPS) is 10.3. The van der Waals surface area contributed by atoms with Crippen LogP contribution in [-0.2, 0) is 0 Å². The molecule has 1 N–H and O–H groups in total. The van der Waals surface area contributed by atoms with E-state index in [9.17, 15) is 4.79 Å². The molecule has 0 radical (unpaired) electrons. The summed E-state index contributed by atoms with van der Waals surface area (Å²) in [6, 6.07) is 5.31. The van der Waals surface area contributed by atoms with E-state index >= 15 is 0 Å². The van der Waals surface area contributed by atoms with Crippen molar-refractivity contribution in [1.29, 1.82) is 0 Å². The van der Waals surface area contributed by atoms with Gasteiger partial charge in [0.05, 0.1) is 5.02 Å². The molecule has 17 heavy (non-hydrogen) atoms. The maximum atomic E-state index is 11.9. The van der Waals surface area contributed by atoms with Crippen molar-refractivity contribution in [3.05, 3.63) is 43.6 Å². The minimum Gasteiger partial charge on any atom is -0.306 e. The van der Waals surface area contributed by atoms with Gasteiger partial charge in [-0.25, -0.2) is 4.98 Å². The van der Waals surface area contributed by atoms with Gasteiger partial charge in [-0.2, -0.15) is 0 Å². The van der Waals surface area contributed by atoms with E-state index in [1.165, 1.54) is 11.3 Å². The van der Waals surface area contributed by atoms with E-state index < -0.39 is 0 Å². The van der Waals surface area contributed by atoms with Crippen molar-refractivity contribution >= 4 is 50.6 Å². The summed E-state index contributed by atoms with van der Waals surface area (Å²) in [6.45, 7) is 1.87. The average molecular weight is 332 g/mol. The monoisotopic (exact) mass is 330 g/mol. The standard InChI is InChI=1S/C11H8BrClN2OS/c1-6-5-17-10(9(6)13)11(16)15-8-4-2-3-7(12)14-8/h2-5H,1H3,(H,14,15,16). The van der Waals surface area contributed by atoms with Gasteiger partial charge < -0.3 is 5.32 Å². The third-order valence-electron chi connectivity index (χ3n) is 2.06. The number of amides is 1. The van der Waals surface area contributed by atoms with E-state index in [-0.39, 0.29) is 5.91 Å². The van der Waals surface area contributed by atoms with Crippen LogP contribution in [0.25, 0.3) is 0 Å². The first-order valence-electron chi connectivity index (χ1n) is 4.75. The summed E-state index contributed by atoms with van der Waals surface area (Å²) in [5.74, 6) is 0.255. The van der Waals surface area contributed by atoms with Crippen LogP contribution in [0.4, 0.5) is 5.82 Å². The molecule has 2 aromatic heterocycles. The second-order valence-electron chi connectivity index (χ2n) is 3.36. The Bertz CT molecular complexity index is 570. The number of carbonyl (C=O) groups is 1. The highest BCUT2D eigenvalue weighted by Gasteiger charge is 2.15. The number of hydrogen-bond donors (Lipinski definition) is 1. The van der Waals surface area contributed by atoms with E-state index in [1.807, 2.05) is 12.3 Å². The minimum atomic E-state index is -0.237. The Balaban J connectivity index is 2.20. The Morgan fingerprint density at radius 3 is 2.88 bits per heavy atom. The van der Waals surface area contributed by atoms with Gasteiger partial charge in [-0.1, -0.05) is 17.7 Å². The van der Waals surface area contributed by atoms with Crippen LogP contribution in [0.15, 0.2) is 28.2 Å². The number of thiophene rings is 1. The Morgan fingerprint density at radius 1 is 1.53 bits per heavy atom. The van der Waals surface area contributed by atoms with Crippen LogP contribution in [0.2, 0.25) is 5.02 Å². The number of carbonyl (C=O) groups excluding carboxylic acids is 1. The summed E-state index contributed by atoms with van der Waals surface area (Å²) >= 11 is 10.6. The van der Waals surface area contributed by atoms with Crippen molar-refractivity contribution in [2.75, 3.05) is 5.32 Å². The van der Waals surface area contributed by atoms with Gasteiger partial charge in [0.15, 0.2) is 0 Å². The number of aryl methyl sites for hydroxylation is 1. The molecule has 1 amide bonds. The van der Waals surface area contributed by atoms with E-state index in [2.05, 4.69) is 26.2 Å². The highest BCUT2D eigenvalue weighted by molar-refractivity contribution is 9.10. The van der Waals surface area contributed by atoms with E-state index in [0.29, 0.717) is 20.3 Å². The molecule has 0 fully saturated rings. The molecule has 6 heteroatoms. The van der Waals surface area contributed by atoms with Crippen molar-refractivity contribution in [2.24, 2.45) is 0 Å². The van der Waals surface area contributed by atoms with E-state index in [0.717, 1.165) is 5.56 Å². The fourth-order valence-corrected chi connectivity index (χ4v) is 2.75. The zero-order valence-electron chi connectivity index (χ0n) is 8.83. The summed E-state index contributed by atoms with van der Waals surface area (Å²) < 4.78 is 0.670. The number of nitrogens with zero attached hydrogens (tertiary/aromatic N) is 1. The summed E-state index contributed by atoms with van der Waals surface area (Å²) in [5.41, 5.74) is 0.906. The van der Waals surface area contributed by atoms with Gasteiger partial charge in [0, 0.05) is 0 Å². The van der Waals surface area contributed by atoms with Crippen molar-refractivity contribution in [3.63, 3.8) is 0 Å². The molecule has 0 spiro atoms. The lowest BCUT2D eigenvalue weighted by Gasteiger charge is -2.03. The number of rotatable bonds is 2. The Hall–Kier alpha value is -0.910. The largest absolute Gasteiger partial charge is 0.306 e. The maximum absolute atomic E-state index is 11.9. The molecule has 2 aromatic rings. The molecule has 0 saturated heterocycles. The zero-order chi connectivity index (χ0) is 12.4. The quantitative estimate of drug-likeness (QED) is 0.841. The highest BCUT2D eigenvalue weighted by Crippen LogP contribution is 2.27. The Morgan fingerprint density at radius 2 is 2.29 bits per heavy atom. The van der Waals surface area contributed by atoms with E-state index in [1.54, 1.807) is 18.2 Å². The SMILES string of the molecule is Cc1csc(C(=O)Nc2cccc(Br)n2)c1Cl. The van der Waals surface area contributed by atoms with Crippen LogP contribution in [0.5, 0.6) is 0 Å². The van der Waals surface area contributed by atoms with Crippen molar-refractivity contribution in [3.8, 4) is 0 Å². The van der Waals surface area contributed by atoms with Crippen molar-refractivity contribution in [1.82, 2.24) is 4.98 Å². The molecular formula is C11H8BrClN2OS. The predicted molar refractivity (Wildman–Crippen MR) is 74.0 cm³/mol. The number of anilines is 1. The summed E-state index contributed by atoms with van der Waals surface area (Å²) in [6.07, 6.45) is 0. The molecule has 3 nitrogen and oxygen atoms in total. The molecule has 0 aliphatic heterocycles. The molecule has 0 bridgehead atoms. The molecule has 0 aromatic carbocycles. The summed E-state index contributed by atoms with van der Waals surface area (Å²) in [7, 11) is 0. The van der Waals surface area contributed by atoms with Crippen LogP contribution in [0.3, 0.4) is 0 Å². The van der Waals surface area contributed by atoms with Gasteiger partial charge in [0.2, 0.25) is 0 Å². The van der Waals surface area contributed by atoms with Gasteiger partial charge in [-0.05, 0) is 45.9 Å². The van der Waals surface area contributed by atoms with Crippen LogP contribution >= 0.6 is 38.9 Å². The summed E-state index contributed by atoms with van der Waals surface area (Å²) in [5, 5.41) is 5.05. The third kappa shape index (κ3) is 2.86. The number of pyridine rings is 1. The molecule has 0 unspecified atom stereocenters. The van der Waals surface area contributed by atoms with Crippen molar-refractivity contribution < 1.29 is 4.79 Å². The molecule has 88 valence electrons. The Kier molecular flexibility index (Phi) is 3.81. The van der Waals surface area contributed by atoms with Gasteiger partial charge in [0.25, 0.3) is 5.91 Å². The predicted octanol–water partition coefficient (Wildman–Crippen LogP) is 4.12. The first-order chi connectivity index (χ1) is 8.08. The molecule has 0 aliphatic rings. The first-order valence-corrected chi connectivity index (χ1v) is 6.80. The van der Waals surface area contributed by atoms with Gasteiger partial charge >= 0.3 is 0 Å². The van der Waals surface area contributed by atoms with Crippen LogP contribution in [-0.4, -0.2) is 10.9 Å². The van der Waals surface area contributed by atoms with E-state index in [4.69, 9.17) is 11.6 Å². The number of halogens is 2. The lowest BCUT2D eigenvalue weighted by molar-refractivity contribution is 0.103. The fourth-order valence-electron chi connectivity index (χ4n) is 1.23. The highest BCUT2D eigenvalue weighted by atomic mass is 79.9. The number of aromatic nitrogens is 1. The average Bonchev–Trinajstić information content (AvgIpc) is 2.60. The molecule has 2 heterocycles. The smallest absolute Gasteiger partial charge is 0.268 e. The zero-order valence-corrected chi connectivity index (χ0v) is 12.0. The molecule has 0 saturated carbocycles. The number of hydrogen-bond acceptors (Lipinski definition) is 3. The molecule has 0 atom stereocenters. The second-order valence-corrected chi connectivity index (χ2v) is 5.43. The lowest BCUT2D eigenvalue weighted by Crippen LogP contribution is -2.11. The minimum absolute atomic E-state index is 0.237. The van der Waals surface area contributed by atoms with Crippen LogP contribution in [0.1, 0.15) is 15.2 Å². The Labute approximate surface area is 116 Å². The summed E-state index contributed by atoms with van der Waals surface area (Å²) in [4.78, 5) is 16.5. The topological polar surface area (TPSA) is 42.0 Å². The number of nitrogens with one attached hydrogen (secondary N) is 1. The van der Waals surface area contributed by atoms with Crippen LogP contribution in [0, 0.1) is 6.92 Å². The first kappa shape index (κ1) is 12.5. The molecule has 2 rings (SSSR count). The van der Waals surface area contributed by atoms with Gasteiger partial charge in [-0.15, -0.1) is 11.3 Å². The third-order valence-corrected chi connectivity index (χ3v) is 4.20. The van der Waals surface area contributed by atoms with Crippen LogP contribution < -0.4 is 5.32 Å². The van der Waals surface area contributed by atoms with Crippen molar-refractivity contribution in [2.45, 2.75) is 6.92 Å². The molecular weight excluding hydrogens is 324 g/mol. The molecule has 0 aliphatic carbocycles. The second kappa shape index (κ2) is 5.16. The van der Waals surface area contributed by atoms with Gasteiger partial charge in [-0.3, -0.25) is 4.79 Å². The fraction of sp³-hybridized carbons (Fsp3) is 0.0909.